The lowest BCUT2D eigenvalue weighted by Crippen LogP contribution is -2.43. The molecule has 3 heterocycles. The number of thiophene rings is 1. The molecule has 4 amide bonds. The first kappa shape index (κ1) is 26.3. The number of urea groups is 1. The molecule has 1 fully saturated rings. The van der Waals surface area contributed by atoms with Gasteiger partial charge in [-0.1, -0.05) is 13.3 Å². The maximum atomic E-state index is 13.2. The van der Waals surface area contributed by atoms with Crippen LogP contribution in [-0.2, 0) is 23.0 Å². The minimum Gasteiger partial charge on any atom is -0.351 e. The second-order valence-corrected chi connectivity index (χ2v) is 12.2. The Labute approximate surface area is 214 Å². The lowest BCUT2D eigenvalue weighted by atomic mass is 10.0. The molecular weight excluding hydrogens is 502 g/mol. The Morgan fingerprint density at radius 1 is 1.11 bits per heavy atom. The second-order valence-electron chi connectivity index (χ2n) is 9.17. The molecule has 194 valence electrons. The Kier molecular flexibility index (Phi) is 7.79. The van der Waals surface area contributed by atoms with Crippen molar-refractivity contribution < 1.29 is 22.8 Å². The van der Waals surface area contributed by atoms with Gasteiger partial charge in [0.25, 0.3) is 11.8 Å². The molecule has 0 spiro atoms. The van der Waals surface area contributed by atoms with Crippen LogP contribution < -0.4 is 16.4 Å². The van der Waals surface area contributed by atoms with Crippen molar-refractivity contribution in [1.29, 1.82) is 0 Å². The van der Waals surface area contributed by atoms with Crippen LogP contribution in [0.3, 0.4) is 0 Å². The molecule has 0 bridgehead atoms. The first-order chi connectivity index (χ1) is 17.1. The summed E-state index contributed by atoms with van der Waals surface area (Å²) >= 11 is 1.28. The third-order valence-electron chi connectivity index (χ3n) is 6.71. The van der Waals surface area contributed by atoms with E-state index in [9.17, 15) is 22.8 Å². The first-order valence-corrected chi connectivity index (χ1v) is 14.2. The van der Waals surface area contributed by atoms with Crippen LogP contribution in [0.1, 0.15) is 63.8 Å². The standard InChI is InChI=1S/C24H31N5O5S2/c1-3-16-6-4-5-12-29(16)36(33,34)17-9-7-15(8-10-17)21(30)26-23-20(22(31)27-24(25)32)18-11-13-28(2)14-19(18)35-23/h7-10,16H,3-6,11-14H2,1-2H3,(H,26,30)(H3,25,27,31,32). The third-order valence-corrected chi connectivity index (χ3v) is 9.80. The Hall–Kier alpha value is -2.80. The average molecular weight is 534 g/mol. The molecule has 2 aliphatic heterocycles. The second kappa shape index (κ2) is 10.7. The van der Waals surface area contributed by atoms with Crippen LogP contribution in [0.2, 0.25) is 0 Å². The molecule has 2 aliphatic rings. The van der Waals surface area contributed by atoms with Crippen molar-refractivity contribution in [2.24, 2.45) is 5.73 Å². The fraction of sp³-hybridized carbons (Fsp3) is 0.458. The van der Waals surface area contributed by atoms with Crippen LogP contribution >= 0.6 is 11.3 Å². The van der Waals surface area contributed by atoms with Gasteiger partial charge >= 0.3 is 6.03 Å². The lowest BCUT2D eigenvalue weighted by molar-refractivity contribution is 0.0966. The van der Waals surface area contributed by atoms with Crippen LogP contribution in [0.25, 0.3) is 0 Å². The summed E-state index contributed by atoms with van der Waals surface area (Å²) in [6, 6.07) is 4.85. The maximum absolute atomic E-state index is 13.2. The molecule has 1 aromatic carbocycles. The number of carbonyl (C=O) groups is 3. The van der Waals surface area contributed by atoms with E-state index in [1.165, 1.54) is 35.6 Å². The number of nitrogens with two attached hydrogens (primary N) is 1. The predicted octanol–water partition coefficient (Wildman–Crippen LogP) is 2.75. The fourth-order valence-corrected chi connectivity index (χ4v) is 7.91. The quantitative estimate of drug-likeness (QED) is 0.521. The van der Waals surface area contributed by atoms with Gasteiger partial charge in [-0.3, -0.25) is 14.9 Å². The van der Waals surface area contributed by atoms with Gasteiger partial charge in [-0.15, -0.1) is 11.3 Å². The third kappa shape index (κ3) is 5.31. The van der Waals surface area contributed by atoms with Crippen molar-refractivity contribution in [1.82, 2.24) is 14.5 Å². The molecule has 4 rings (SSSR count). The molecule has 0 aliphatic carbocycles. The van der Waals surface area contributed by atoms with Gasteiger partial charge in [0.05, 0.1) is 10.5 Å². The van der Waals surface area contributed by atoms with Gasteiger partial charge in [0.2, 0.25) is 10.0 Å². The highest BCUT2D eigenvalue weighted by Crippen LogP contribution is 2.37. The number of fused-ring (bicyclic) bond motifs is 1. The number of piperidine rings is 1. The normalized spacial score (nSPS) is 18.9. The number of carbonyl (C=O) groups excluding carboxylic acids is 3. The number of rotatable bonds is 6. The summed E-state index contributed by atoms with van der Waals surface area (Å²) in [4.78, 5) is 40.3. The molecule has 1 atom stereocenters. The van der Waals surface area contributed by atoms with E-state index in [1.807, 2.05) is 14.0 Å². The van der Waals surface area contributed by atoms with Crippen molar-refractivity contribution in [3.8, 4) is 0 Å². The number of amides is 4. The highest BCUT2D eigenvalue weighted by molar-refractivity contribution is 7.89. The van der Waals surface area contributed by atoms with Gasteiger partial charge in [0.1, 0.15) is 5.00 Å². The molecule has 10 nitrogen and oxygen atoms in total. The van der Waals surface area contributed by atoms with Crippen LogP contribution in [0.5, 0.6) is 0 Å². The minimum absolute atomic E-state index is 0.0133. The highest BCUT2D eigenvalue weighted by Gasteiger charge is 2.33. The van der Waals surface area contributed by atoms with E-state index in [2.05, 4.69) is 15.5 Å². The number of imide groups is 1. The van der Waals surface area contributed by atoms with Crippen molar-refractivity contribution in [2.75, 3.05) is 25.5 Å². The summed E-state index contributed by atoms with van der Waals surface area (Å²) in [5.74, 6) is -1.14. The van der Waals surface area contributed by atoms with Crippen LogP contribution in [0.15, 0.2) is 29.2 Å². The maximum Gasteiger partial charge on any atom is 0.319 e. The largest absolute Gasteiger partial charge is 0.351 e. The number of primary amides is 1. The molecule has 36 heavy (non-hydrogen) atoms. The number of anilines is 1. The SMILES string of the molecule is CCC1CCCCN1S(=O)(=O)c1ccc(C(=O)Nc2sc3c(c2C(=O)NC(N)=O)CCN(C)C3)cc1. The smallest absolute Gasteiger partial charge is 0.319 e. The van der Waals surface area contributed by atoms with Crippen molar-refractivity contribution in [2.45, 2.75) is 56.5 Å². The molecule has 1 aromatic heterocycles. The van der Waals surface area contributed by atoms with Gasteiger partial charge in [-0.2, -0.15) is 4.31 Å². The molecule has 2 aromatic rings. The lowest BCUT2D eigenvalue weighted by Gasteiger charge is -2.34. The van der Waals surface area contributed by atoms with Crippen molar-refractivity contribution in [3.63, 3.8) is 0 Å². The molecule has 4 N–H and O–H groups in total. The van der Waals surface area contributed by atoms with Gasteiger partial charge in [0.15, 0.2) is 0 Å². The summed E-state index contributed by atoms with van der Waals surface area (Å²) in [6.07, 6.45) is 4.06. The van der Waals surface area contributed by atoms with Gasteiger partial charge in [0, 0.05) is 36.1 Å². The molecule has 1 unspecified atom stereocenters. The number of sulfonamides is 1. The van der Waals surface area contributed by atoms with Gasteiger partial charge < -0.3 is 16.0 Å². The molecule has 12 heteroatoms. The topological polar surface area (TPSA) is 142 Å². The number of nitrogens with zero attached hydrogens (tertiary/aromatic N) is 2. The molecule has 0 radical (unpaired) electrons. The number of nitrogens with one attached hydrogen (secondary N) is 2. The summed E-state index contributed by atoms with van der Waals surface area (Å²) in [5.41, 5.74) is 6.43. The van der Waals surface area contributed by atoms with Crippen LogP contribution in [0, 0.1) is 0 Å². The molecular formula is C24H31N5O5S2. The summed E-state index contributed by atoms with van der Waals surface area (Å²) in [7, 11) is -1.69. The van der Waals surface area contributed by atoms with E-state index < -0.39 is 27.9 Å². The predicted molar refractivity (Wildman–Crippen MR) is 138 cm³/mol. The number of likely N-dealkylation sites (N-methyl/N-ethyl adjacent to an activating group) is 1. The van der Waals surface area contributed by atoms with E-state index in [0.717, 1.165) is 42.7 Å². The minimum atomic E-state index is -3.66. The van der Waals surface area contributed by atoms with E-state index in [4.69, 9.17) is 5.73 Å². The first-order valence-electron chi connectivity index (χ1n) is 12.0. The summed E-state index contributed by atoms with van der Waals surface area (Å²) < 4.78 is 28.0. The van der Waals surface area contributed by atoms with Gasteiger partial charge in [-0.05, 0) is 62.6 Å². The van der Waals surface area contributed by atoms with Gasteiger partial charge in [-0.25, -0.2) is 13.2 Å². The summed E-state index contributed by atoms with van der Waals surface area (Å²) in [5, 5.41) is 5.20. The van der Waals surface area contributed by atoms with E-state index in [-0.39, 0.29) is 22.1 Å². The highest BCUT2D eigenvalue weighted by atomic mass is 32.2. The molecule has 1 saturated heterocycles. The van der Waals surface area contributed by atoms with Crippen LogP contribution in [-0.4, -0.2) is 61.6 Å². The number of hydrogen-bond acceptors (Lipinski definition) is 7. The van der Waals surface area contributed by atoms with Crippen molar-refractivity contribution >= 4 is 44.2 Å². The zero-order valence-corrected chi connectivity index (χ0v) is 22.0. The number of benzene rings is 1. The van der Waals surface area contributed by atoms with E-state index in [1.54, 1.807) is 4.31 Å². The number of hydrogen-bond donors (Lipinski definition) is 3. The zero-order valence-electron chi connectivity index (χ0n) is 20.4. The fourth-order valence-electron chi connectivity index (χ4n) is 4.82. The monoisotopic (exact) mass is 533 g/mol. The van der Waals surface area contributed by atoms with Crippen LogP contribution in [0.4, 0.5) is 9.80 Å². The Bertz CT molecular complexity index is 1270. The van der Waals surface area contributed by atoms with Crippen molar-refractivity contribution in [3.05, 3.63) is 45.8 Å². The Morgan fingerprint density at radius 3 is 2.50 bits per heavy atom. The summed E-state index contributed by atoms with van der Waals surface area (Å²) in [6.45, 7) is 3.84. The van der Waals surface area contributed by atoms with E-state index >= 15 is 0 Å². The zero-order chi connectivity index (χ0) is 26.0. The Balaban J connectivity index is 1.57. The average Bonchev–Trinajstić information content (AvgIpc) is 3.20. The van der Waals surface area contributed by atoms with E-state index in [0.29, 0.717) is 24.5 Å². The Morgan fingerprint density at radius 2 is 1.83 bits per heavy atom. The molecule has 0 saturated carbocycles.